The largest absolute Gasteiger partial charge is 0.493 e. The average molecular weight is 276 g/mol. The van der Waals surface area contributed by atoms with Crippen LogP contribution in [0, 0.1) is 5.92 Å². The van der Waals surface area contributed by atoms with Crippen LogP contribution in [0.4, 0.5) is 0 Å². The predicted molar refractivity (Wildman–Crippen MR) is 79.3 cm³/mol. The van der Waals surface area contributed by atoms with Crippen molar-refractivity contribution in [2.24, 2.45) is 5.92 Å². The van der Waals surface area contributed by atoms with Crippen LogP contribution in [-0.4, -0.2) is 44.8 Å². The second kappa shape index (κ2) is 6.02. The van der Waals surface area contributed by atoms with E-state index in [1.807, 2.05) is 6.07 Å². The maximum absolute atomic E-state index is 5.40. The first-order valence-electron chi connectivity index (χ1n) is 7.47. The van der Waals surface area contributed by atoms with E-state index >= 15 is 0 Å². The summed E-state index contributed by atoms with van der Waals surface area (Å²) in [5.74, 6) is 2.46. The van der Waals surface area contributed by atoms with Crippen LogP contribution in [0.1, 0.15) is 18.4 Å². The lowest BCUT2D eigenvalue weighted by Gasteiger charge is -2.37. The summed E-state index contributed by atoms with van der Waals surface area (Å²) in [6.45, 7) is 4.53. The predicted octanol–water partition coefficient (Wildman–Crippen LogP) is 1.89. The van der Waals surface area contributed by atoms with Crippen LogP contribution in [0.25, 0.3) is 0 Å². The second-order valence-corrected chi connectivity index (χ2v) is 5.79. The average Bonchev–Trinajstić information content (AvgIpc) is 2.96. The number of methoxy groups -OCH3 is 2. The van der Waals surface area contributed by atoms with Crippen LogP contribution >= 0.6 is 0 Å². The number of piperidine rings is 1. The zero-order chi connectivity index (χ0) is 13.9. The topological polar surface area (TPSA) is 33.7 Å². The van der Waals surface area contributed by atoms with E-state index in [2.05, 4.69) is 22.3 Å². The number of nitrogens with one attached hydrogen (secondary N) is 1. The van der Waals surface area contributed by atoms with Crippen LogP contribution in [0.5, 0.6) is 11.5 Å². The van der Waals surface area contributed by atoms with Gasteiger partial charge in [-0.15, -0.1) is 0 Å². The molecular weight excluding hydrogens is 252 g/mol. The molecule has 3 rings (SSSR count). The molecular formula is C16H24N2O2. The van der Waals surface area contributed by atoms with Crippen molar-refractivity contribution in [3.8, 4) is 11.5 Å². The van der Waals surface area contributed by atoms with E-state index in [0.29, 0.717) is 6.04 Å². The maximum atomic E-state index is 5.40. The number of rotatable bonds is 4. The second-order valence-electron chi connectivity index (χ2n) is 5.79. The third kappa shape index (κ3) is 2.63. The molecule has 1 N–H and O–H groups in total. The molecule has 20 heavy (non-hydrogen) atoms. The van der Waals surface area contributed by atoms with Gasteiger partial charge in [-0.1, -0.05) is 6.07 Å². The van der Waals surface area contributed by atoms with E-state index in [-0.39, 0.29) is 0 Å². The molecule has 2 unspecified atom stereocenters. The molecule has 2 aliphatic rings. The molecule has 0 aromatic heterocycles. The summed E-state index contributed by atoms with van der Waals surface area (Å²) in [6, 6.07) is 6.96. The zero-order valence-corrected chi connectivity index (χ0v) is 12.4. The molecule has 0 radical (unpaired) electrons. The number of nitrogens with zero attached hydrogens (tertiary/aromatic N) is 1. The minimum atomic E-state index is 0.705. The molecule has 4 nitrogen and oxygen atoms in total. The summed E-state index contributed by atoms with van der Waals surface area (Å²) in [4.78, 5) is 2.62. The van der Waals surface area contributed by atoms with Gasteiger partial charge in [-0.25, -0.2) is 0 Å². The highest BCUT2D eigenvalue weighted by atomic mass is 16.5. The third-order valence-corrected chi connectivity index (χ3v) is 4.63. The van der Waals surface area contributed by atoms with Gasteiger partial charge in [0, 0.05) is 19.1 Å². The lowest BCUT2D eigenvalue weighted by atomic mass is 9.91. The molecule has 0 spiro atoms. The van der Waals surface area contributed by atoms with Crippen LogP contribution < -0.4 is 14.8 Å². The molecule has 2 aliphatic heterocycles. The first-order chi connectivity index (χ1) is 9.81. The van der Waals surface area contributed by atoms with Gasteiger partial charge in [0.25, 0.3) is 0 Å². The molecule has 4 heteroatoms. The van der Waals surface area contributed by atoms with Gasteiger partial charge in [-0.05, 0) is 49.5 Å². The van der Waals surface area contributed by atoms with Crippen molar-refractivity contribution in [2.45, 2.75) is 25.4 Å². The molecule has 0 amide bonds. The summed E-state index contributed by atoms with van der Waals surface area (Å²) in [5, 5.41) is 3.53. The fraction of sp³-hybridized carbons (Fsp3) is 0.625. The summed E-state index contributed by atoms with van der Waals surface area (Å²) < 4.78 is 10.7. The van der Waals surface area contributed by atoms with Gasteiger partial charge < -0.3 is 14.8 Å². The number of likely N-dealkylation sites (tertiary alicyclic amines) is 1. The van der Waals surface area contributed by atoms with E-state index in [1.165, 1.54) is 31.5 Å². The lowest BCUT2D eigenvalue weighted by molar-refractivity contribution is 0.117. The Morgan fingerprint density at radius 3 is 2.85 bits per heavy atom. The Balaban J connectivity index is 1.73. The van der Waals surface area contributed by atoms with Gasteiger partial charge in [-0.3, -0.25) is 4.90 Å². The standard InChI is InChI=1S/C16H24N2O2/c1-19-15-6-5-12(8-16(15)20-2)11-18-7-3-4-13-9-17-10-14(13)18/h5-6,8,13-14,17H,3-4,7,9-11H2,1-2H3. The normalized spacial score (nSPS) is 26.3. The molecule has 2 heterocycles. The van der Waals surface area contributed by atoms with Crippen LogP contribution in [0.15, 0.2) is 18.2 Å². The molecule has 1 aromatic rings. The Morgan fingerprint density at radius 1 is 1.20 bits per heavy atom. The Labute approximate surface area is 121 Å². The van der Waals surface area contributed by atoms with Crippen LogP contribution in [0.2, 0.25) is 0 Å². The Hall–Kier alpha value is -1.26. The highest BCUT2D eigenvalue weighted by Gasteiger charge is 2.34. The molecule has 2 fully saturated rings. The Morgan fingerprint density at radius 2 is 2.05 bits per heavy atom. The molecule has 2 atom stereocenters. The summed E-state index contributed by atoms with van der Waals surface area (Å²) in [6.07, 6.45) is 2.69. The van der Waals surface area contributed by atoms with Gasteiger partial charge in [0.15, 0.2) is 11.5 Å². The summed E-state index contributed by atoms with van der Waals surface area (Å²) >= 11 is 0. The van der Waals surface area contributed by atoms with Crippen LogP contribution in [-0.2, 0) is 6.54 Å². The molecule has 0 saturated carbocycles. The first kappa shape index (κ1) is 13.7. The van der Waals surface area contributed by atoms with E-state index in [9.17, 15) is 0 Å². The first-order valence-corrected chi connectivity index (χ1v) is 7.47. The van der Waals surface area contributed by atoms with Crippen LogP contribution in [0.3, 0.4) is 0 Å². The quantitative estimate of drug-likeness (QED) is 0.910. The fourth-order valence-corrected chi connectivity index (χ4v) is 3.57. The summed E-state index contributed by atoms with van der Waals surface area (Å²) in [7, 11) is 3.37. The number of benzene rings is 1. The van der Waals surface area contributed by atoms with Crippen molar-refractivity contribution in [3.05, 3.63) is 23.8 Å². The van der Waals surface area contributed by atoms with E-state index in [4.69, 9.17) is 9.47 Å². The fourth-order valence-electron chi connectivity index (χ4n) is 3.57. The van der Waals surface area contributed by atoms with E-state index in [1.54, 1.807) is 14.2 Å². The van der Waals surface area contributed by atoms with E-state index < -0.39 is 0 Å². The molecule has 110 valence electrons. The van der Waals surface area contributed by atoms with Gasteiger partial charge in [0.2, 0.25) is 0 Å². The number of hydrogen-bond acceptors (Lipinski definition) is 4. The maximum Gasteiger partial charge on any atom is 0.161 e. The third-order valence-electron chi connectivity index (χ3n) is 4.63. The minimum absolute atomic E-state index is 0.705. The van der Waals surface area contributed by atoms with Crippen molar-refractivity contribution in [1.29, 1.82) is 0 Å². The number of ether oxygens (including phenoxy) is 2. The molecule has 0 aliphatic carbocycles. The van der Waals surface area contributed by atoms with E-state index in [0.717, 1.165) is 30.5 Å². The van der Waals surface area contributed by atoms with Gasteiger partial charge in [0.1, 0.15) is 0 Å². The monoisotopic (exact) mass is 276 g/mol. The van der Waals surface area contributed by atoms with Gasteiger partial charge >= 0.3 is 0 Å². The summed E-state index contributed by atoms with van der Waals surface area (Å²) in [5.41, 5.74) is 1.30. The van der Waals surface area contributed by atoms with Gasteiger partial charge in [-0.2, -0.15) is 0 Å². The molecule has 2 saturated heterocycles. The van der Waals surface area contributed by atoms with Gasteiger partial charge in [0.05, 0.1) is 14.2 Å². The lowest BCUT2D eigenvalue weighted by Crippen LogP contribution is -2.44. The highest BCUT2D eigenvalue weighted by Crippen LogP contribution is 2.31. The van der Waals surface area contributed by atoms with Crippen molar-refractivity contribution in [2.75, 3.05) is 33.9 Å². The van der Waals surface area contributed by atoms with Crippen molar-refractivity contribution < 1.29 is 9.47 Å². The Bertz CT molecular complexity index is 464. The highest BCUT2D eigenvalue weighted by molar-refractivity contribution is 5.42. The zero-order valence-electron chi connectivity index (χ0n) is 12.4. The van der Waals surface area contributed by atoms with Crippen molar-refractivity contribution in [3.63, 3.8) is 0 Å². The SMILES string of the molecule is COc1ccc(CN2CCCC3CNCC32)cc1OC. The number of hydrogen-bond donors (Lipinski definition) is 1. The number of fused-ring (bicyclic) bond motifs is 1. The molecule has 1 aromatic carbocycles. The minimum Gasteiger partial charge on any atom is -0.493 e. The van der Waals surface area contributed by atoms with Crippen molar-refractivity contribution in [1.82, 2.24) is 10.2 Å². The van der Waals surface area contributed by atoms with Crippen molar-refractivity contribution >= 4 is 0 Å². The smallest absolute Gasteiger partial charge is 0.161 e. The Kier molecular flexibility index (Phi) is 4.13. The molecule has 0 bridgehead atoms.